The van der Waals surface area contributed by atoms with Gasteiger partial charge in [-0.15, -0.1) is 0 Å². The Morgan fingerprint density at radius 2 is 2.08 bits per heavy atom. The molecule has 1 aliphatic carbocycles. The summed E-state index contributed by atoms with van der Waals surface area (Å²) in [5.41, 5.74) is 0. The van der Waals surface area contributed by atoms with E-state index < -0.39 is 0 Å². The molecule has 0 aromatic carbocycles. The molecule has 78 valence electrons. The summed E-state index contributed by atoms with van der Waals surface area (Å²) in [6, 6.07) is 1.44. The minimum absolute atomic E-state index is 0.259. The second-order valence-electron chi connectivity index (χ2n) is 4.00. The third-order valence-electron chi connectivity index (χ3n) is 2.50. The van der Waals surface area contributed by atoms with E-state index in [9.17, 15) is 4.39 Å². The molecular formula is C10H21FN2. The summed E-state index contributed by atoms with van der Waals surface area (Å²) in [4.78, 5) is 2.51. The highest BCUT2D eigenvalue weighted by Crippen LogP contribution is 2.27. The van der Waals surface area contributed by atoms with Crippen molar-refractivity contribution < 1.29 is 4.39 Å². The molecule has 1 N–H and O–H groups in total. The third kappa shape index (κ3) is 4.05. The molecule has 0 heterocycles. The first-order chi connectivity index (χ1) is 6.25. The molecule has 1 fully saturated rings. The second-order valence-corrected chi connectivity index (χ2v) is 4.00. The lowest BCUT2D eigenvalue weighted by Crippen LogP contribution is -2.38. The van der Waals surface area contributed by atoms with Crippen molar-refractivity contribution in [3.05, 3.63) is 0 Å². The lowest BCUT2D eigenvalue weighted by molar-refractivity contribution is 0.211. The first-order valence-corrected chi connectivity index (χ1v) is 5.28. The molecule has 1 rings (SSSR count). The Bertz CT molecular complexity index is 133. The molecule has 0 amide bonds. The molecule has 0 atom stereocenters. The largest absolute Gasteiger partial charge is 0.313 e. The Morgan fingerprint density at radius 3 is 2.54 bits per heavy atom. The minimum atomic E-state index is -0.259. The van der Waals surface area contributed by atoms with Crippen LogP contribution in [0.5, 0.6) is 0 Å². The third-order valence-corrected chi connectivity index (χ3v) is 2.50. The highest BCUT2D eigenvalue weighted by atomic mass is 19.1. The van der Waals surface area contributed by atoms with E-state index in [1.165, 1.54) is 12.8 Å². The first kappa shape index (κ1) is 10.9. The van der Waals surface area contributed by atoms with Gasteiger partial charge < -0.3 is 5.32 Å². The number of nitrogens with zero attached hydrogens (tertiary/aromatic N) is 1. The van der Waals surface area contributed by atoms with Gasteiger partial charge in [-0.1, -0.05) is 0 Å². The average Bonchev–Trinajstić information content (AvgIpc) is 2.87. The van der Waals surface area contributed by atoms with Gasteiger partial charge in [0.25, 0.3) is 0 Å². The van der Waals surface area contributed by atoms with Gasteiger partial charge in [-0.2, -0.15) is 0 Å². The van der Waals surface area contributed by atoms with E-state index in [0.717, 1.165) is 19.1 Å². The zero-order valence-corrected chi connectivity index (χ0v) is 8.72. The van der Waals surface area contributed by atoms with Crippen molar-refractivity contribution in [1.29, 1.82) is 0 Å². The second kappa shape index (κ2) is 5.55. The van der Waals surface area contributed by atoms with E-state index in [4.69, 9.17) is 0 Å². The quantitative estimate of drug-likeness (QED) is 0.608. The van der Waals surface area contributed by atoms with Crippen LogP contribution in [0.3, 0.4) is 0 Å². The number of rotatable bonds is 7. The SMILES string of the molecule is CC(C)N(CCNCCF)C1CC1. The van der Waals surface area contributed by atoms with Gasteiger partial charge in [0.1, 0.15) is 6.67 Å². The van der Waals surface area contributed by atoms with Crippen molar-refractivity contribution >= 4 is 0 Å². The van der Waals surface area contributed by atoms with Gasteiger partial charge >= 0.3 is 0 Å². The van der Waals surface area contributed by atoms with Crippen molar-refractivity contribution in [2.24, 2.45) is 0 Å². The maximum absolute atomic E-state index is 11.8. The molecule has 1 aliphatic rings. The summed E-state index contributed by atoms with van der Waals surface area (Å²) in [7, 11) is 0. The maximum Gasteiger partial charge on any atom is 0.102 e. The number of halogens is 1. The summed E-state index contributed by atoms with van der Waals surface area (Å²) in [6.45, 7) is 6.67. The Balaban J connectivity index is 2.08. The topological polar surface area (TPSA) is 15.3 Å². The zero-order valence-electron chi connectivity index (χ0n) is 8.72. The average molecular weight is 188 g/mol. The van der Waals surface area contributed by atoms with Crippen molar-refractivity contribution in [1.82, 2.24) is 10.2 Å². The molecule has 0 bridgehead atoms. The fraction of sp³-hybridized carbons (Fsp3) is 1.00. The standard InChI is InChI=1S/C10H21FN2/c1-9(2)13(10-3-4-10)8-7-12-6-5-11/h9-10,12H,3-8H2,1-2H3. The lowest BCUT2D eigenvalue weighted by Gasteiger charge is -2.26. The molecule has 0 aromatic heterocycles. The fourth-order valence-electron chi connectivity index (χ4n) is 1.67. The zero-order chi connectivity index (χ0) is 9.68. The molecule has 1 saturated carbocycles. The maximum atomic E-state index is 11.8. The molecule has 0 spiro atoms. The highest BCUT2D eigenvalue weighted by Gasteiger charge is 2.29. The molecular weight excluding hydrogens is 167 g/mol. The normalized spacial score (nSPS) is 17.3. The fourth-order valence-corrected chi connectivity index (χ4v) is 1.67. The number of nitrogens with one attached hydrogen (secondary N) is 1. The van der Waals surface area contributed by atoms with E-state index >= 15 is 0 Å². The van der Waals surface area contributed by atoms with Crippen LogP contribution < -0.4 is 5.32 Å². The first-order valence-electron chi connectivity index (χ1n) is 5.28. The van der Waals surface area contributed by atoms with Crippen LogP contribution in [0.4, 0.5) is 4.39 Å². The molecule has 0 aliphatic heterocycles. The van der Waals surface area contributed by atoms with Gasteiger partial charge in [0.2, 0.25) is 0 Å². The summed E-state index contributed by atoms with van der Waals surface area (Å²) in [6.07, 6.45) is 2.70. The van der Waals surface area contributed by atoms with E-state index in [1.54, 1.807) is 0 Å². The Morgan fingerprint density at radius 1 is 1.38 bits per heavy atom. The number of hydrogen-bond donors (Lipinski definition) is 1. The monoisotopic (exact) mass is 188 g/mol. The van der Waals surface area contributed by atoms with Crippen molar-refractivity contribution in [3.8, 4) is 0 Å². The van der Waals surface area contributed by atoms with E-state index in [0.29, 0.717) is 12.6 Å². The predicted molar refractivity (Wildman–Crippen MR) is 53.7 cm³/mol. The molecule has 3 heteroatoms. The Hall–Kier alpha value is -0.150. The van der Waals surface area contributed by atoms with Crippen LogP contribution in [0.2, 0.25) is 0 Å². The van der Waals surface area contributed by atoms with Gasteiger partial charge in [0.15, 0.2) is 0 Å². The molecule has 0 radical (unpaired) electrons. The molecule has 0 aromatic rings. The van der Waals surface area contributed by atoms with Crippen LogP contribution in [0, 0.1) is 0 Å². The summed E-state index contributed by atoms with van der Waals surface area (Å²) in [5, 5.41) is 3.09. The van der Waals surface area contributed by atoms with Crippen LogP contribution in [0.25, 0.3) is 0 Å². The van der Waals surface area contributed by atoms with Crippen molar-refractivity contribution in [2.75, 3.05) is 26.3 Å². The summed E-state index contributed by atoms with van der Waals surface area (Å²) in [5.74, 6) is 0. The van der Waals surface area contributed by atoms with Gasteiger partial charge in [-0.3, -0.25) is 4.90 Å². The van der Waals surface area contributed by atoms with E-state index in [1.807, 2.05) is 0 Å². The Kier molecular flexibility index (Phi) is 4.67. The molecule has 13 heavy (non-hydrogen) atoms. The van der Waals surface area contributed by atoms with Gasteiger partial charge in [-0.25, -0.2) is 4.39 Å². The summed E-state index contributed by atoms with van der Waals surface area (Å²) >= 11 is 0. The lowest BCUT2D eigenvalue weighted by atomic mass is 10.3. The molecule has 0 unspecified atom stereocenters. The van der Waals surface area contributed by atoms with Crippen LogP contribution in [-0.2, 0) is 0 Å². The van der Waals surface area contributed by atoms with Crippen LogP contribution in [-0.4, -0.2) is 43.3 Å². The number of hydrogen-bond acceptors (Lipinski definition) is 2. The molecule has 2 nitrogen and oxygen atoms in total. The van der Waals surface area contributed by atoms with Gasteiger partial charge in [0.05, 0.1) is 0 Å². The summed E-state index contributed by atoms with van der Waals surface area (Å²) < 4.78 is 11.8. The van der Waals surface area contributed by atoms with Crippen molar-refractivity contribution in [3.63, 3.8) is 0 Å². The Labute approximate surface area is 80.5 Å². The van der Waals surface area contributed by atoms with Gasteiger partial charge in [0, 0.05) is 31.7 Å². The predicted octanol–water partition coefficient (Wildman–Crippen LogP) is 1.42. The van der Waals surface area contributed by atoms with Gasteiger partial charge in [-0.05, 0) is 26.7 Å². The minimum Gasteiger partial charge on any atom is -0.313 e. The van der Waals surface area contributed by atoms with E-state index in [2.05, 4.69) is 24.1 Å². The number of alkyl halides is 1. The van der Waals surface area contributed by atoms with Crippen LogP contribution in [0.1, 0.15) is 26.7 Å². The van der Waals surface area contributed by atoms with Crippen molar-refractivity contribution in [2.45, 2.75) is 38.8 Å². The van der Waals surface area contributed by atoms with E-state index in [-0.39, 0.29) is 6.67 Å². The smallest absolute Gasteiger partial charge is 0.102 e. The van der Waals surface area contributed by atoms with Crippen LogP contribution in [0.15, 0.2) is 0 Å². The molecule has 0 saturated heterocycles. The van der Waals surface area contributed by atoms with Crippen LogP contribution >= 0.6 is 0 Å². The highest BCUT2D eigenvalue weighted by molar-refractivity contribution is 4.86.